The summed E-state index contributed by atoms with van der Waals surface area (Å²) < 4.78 is 20.2. The van der Waals surface area contributed by atoms with Crippen LogP contribution in [0.1, 0.15) is 33.6 Å². The maximum absolute atomic E-state index is 11.7. The Morgan fingerprint density at radius 3 is 2.21 bits per heavy atom. The summed E-state index contributed by atoms with van der Waals surface area (Å²) >= 11 is 4.76. The molecule has 2 unspecified atom stereocenters. The van der Waals surface area contributed by atoms with E-state index in [9.17, 15) is 9.59 Å². The minimum atomic E-state index is -0.493. The van der Waals surface area contributed by atoms with Gasteiger partial charge in [0.15, 0.2) is 0 Å². The van der Waals surface area contributed by atoms with E-state index in [0.29, 0.717) is 19.4 Å². The van der Waals surface area contributed by atoms with Crippen molar-refractivity contribution in [3.63, 3.8) is 0 Å². The molecule has 0 N–H and O–H groups in total. The smallest absolute Gasteiger partial charge is 0.332 e. The molecule has 24 heavy (non-hydrogen) atoms. The summed E-state index contributed by atoms with van der Waals surface area (Å²) in [6.07, 6.45) is 1.03. The second kappa shape index (κ2) is 9.03. The zero-order valence-electron chi connectivity index (χ0n) is 15.2. The van der Waals surface area contributed by atoms with E-state index in [4.69, 9.17) is 31.6 Å². The van der Waals surface area contributed by atoms with Crippen LogP contribution < -0.4 is 0 Å². The Balaban J connectivity index is 2.64. The van der Waals surface area contributed by atoms with Gasteiger partial charge in [-0.2, -0.15) is 12.6 Å². The average Bonchev–Trinajstić information content (AvgIpc) is 2.41. The van der Waals surface area contributed by atoms with Crippen LogP contribution in [0.3, 0.4) is 0 Å². The minimum absolute atomic E-state index is 0.0562. The number of piperidine rings is 1. The van der Waals surface area contributed by atoms with Gasteiger partial charge in [0.1, 0.15) is 25.9 Å². The maximum Gasteiger partial charge on any atom is 0.332 e. The Hall–Kier alpha value is -0.830. The first kappa shape index (κ1) is 21.2. The topological polar surface area (TPSA) is 74.3 Å². The van der Waals surface area contributed by atoms with Gasteiger partial charge in [-0.05, 0) is 20.8 Å². The summed E-state index contributed by atoms with van der Waals surface area (Å²) in [6.45, 7) is 6.80. The second-order valence-corrected chi connectivity index (χ2v) is 7.75. The molecule has 0 aromatic carbocycles. The Morgan fingerprint density at radius 1 is 1.08 bits per heavy atom. The molecule has 0 radical (unpaired) electrons. The molecule has 1 fully saturated rings. The van der Waals surface area contributed by atoms with Gasteiger partial charge in [-0.3, -0.25) is 4.90 Å². The van der Waals surface area contributed by atoms with Crippen molar-refractivity contribution in [1.29, 1.82) is 0 Å². The molecule has 2 atom stereocenters. The van der Waals surface area contributed by atoms with Crippen molar-refractivity contribution in [2.45, 2.75) is 50.1 Å². The van der Waals surface area contributed by atoms with E-state index >= 15 is 0 Å². The number of ether oxygens (including phenoxy) is 4. The third kappa shape index (κ3) is 6.23. The van der Waals surface area contributed by atoms with Gasteiger partial charge in [0.05, 0.1) is 4.87 Å². The molecule has 0 aromatic heterocycles. The fraction of sp³-hybridized carbons (Fsp3) is 0.875. The predicted octanol–water partition coefficient (Wildman–Crippen LogP) is 1.25. The number of hydrogen-bond donors (Lipinski definition) is 1. The Bertz CT molecular complexity index is 422. The molecule has 8 heteroatoms. The first-order valence-electron chi connectivity index (χ1n) is 7.95. The number of thiol groups is 1. The monoisotopic (exact) mass is 363 g/mol. The van der Waals surface area contributed by atoms with Gasteiger partial charge in [0, 0.05) is 39.1 Å². The lowest BCUT2D eigenvalue weighted by atomic mass is 9.84. The van der Waals surface area contributed by atoms with Crippen molar-refractivity contribution in [1.82, 2.24) is 4.90 Å². The molecule has 1 aliphatic heterocycles. The van der Waals surface area contributed by atoms with E-state index in [1.165, 1.54) is 14.2 Å². The lowest BCUT2D eigenvalue weighted by Crippen LogP contribution is -2.62. The van der Waals surface area contributed by atoms with Gasteiger partial charge in [-0.15, -0.1) is 0 Å². The molecule has 0 aromatic rings. The summed E-state index contributed by atoms with van der Waals surface area (Å²) in [6, 6.07) is 0. The number of carbonyl (C=O) groups excluding carboxylic acids is 2. The van der Waals surface area contributed by atoms with Crippen LogP contribution in [0.4, 0.5) is 0 Å². The molecule has 0 bridgehead atoms. The molecule has 1 aliphatic rings. The van der Waals surface area contributed by atoms with Gasteiger partial charge in [-0.25, -0.2) is 9.59 Å². The minimum Gasteiger partial charge on any atom is -0.463 e. The van der Waals surface area contributed by atoms with Crippen molar-refractivity contribution >= 4 is 24.6 Å². The molecular weight excluding hydrogens is 334 g/mol. The summed E-state index contributed by atoms with van der Waals surface area (Å²) in [4.78, 5) is 24.7. The van der Waals surface area contributed by atoms with Crippen LogP contribution in [-0.4, -0.2) is 73.9 Å². The first-order valence-corrected chi connectivity index (χ1v) is 8.40. The third-order valence-electron chi connectivity index (χ3n) is 4.05. The van der Waals surface area contributed by atoms with Gasteiger partial charge >= 0.3 is 11.9 Å². The highest BCUT2D eigenvalue weighted by atomic mass is 32.1. The maximum atomic E-state index is 11.7. The number of likely N-dealkylation sites (tertiary alicyclic amines) is 1. The van der Waals surface area contributed by atoms with E-state index in [1.807, 2.05) is 6.92 Å². The van der Waals surface area contributed by atoms with E-state index in [0.717, 1.165) is 0 Å². The van der Waals surface area contributed by atoms with E-state index in [2.05, 4.69) is 18.7 Å². The fourth-order valence-corrected chi connectivity index (χ4v) is 3.88. The van der Waals surface area contributed by atoms with Crippen LogP contribution >= 0.6 is 12.6 Å². The number of nitrogens with zero attached hydrogens (tertiary/aromatic N) is 1. The summed E-state index contributed by atoms with van der Waals surface area (Å²) in [7, 11) is 2.91. The van der Waals surface area contributed by atoms with Gasteiger partial charge in [0.2, 0.25) is 0 Å². The Kier molecular flexibility index (Phi) is 7.98. The van der Waals surface area contributed by atoms with Crippen molar-refractivity contribution in [2.24, 2.45) is 0 Å². The first-order chi connectivity index (χ1) is 11.1. The Morgan fingerprint density at radius 2 is 1.67 bits per heavy atom. The average molecular weight is 363 g/mol. The van der Waals surface area contributed by atoms with Crippen LogP contribution in [0.2, 0.25) is 0 Å². The molecule has 0 saturated carbocycles. The van der Waals surface area contributed by atoms with Gasteiger partial charge in [0.25, 0.3) is 0 Å². The van der Waals surface area contributed by atoms with Gasteiger partial charge < -0.3 is 18.9 Å². The van der Waals surface area contributed by atoms with Gasteiger partial charge in [-0.1, -0.05) is 0 Å². The van der Waals surface area contributed by atoms with E-state index in [1.54, 1.807) is 0 Å². The zero-order chi connectivity index (χ0) is 18.4. The number of hydrogen-bond acceptors (Lipinski definition) is 8. The summed E-state index contributed by atoms with van der Waals surface area (Å²) in [5.74, 6) is -0.760. The highest BCUT2D eigenvalue weighted by Crippen LogP contribution is 2.41. The predicted molar refractivity (Wildman–Crippen MR) is 92.0 cm³/mol. The number of esters is 2. The van der Waals surface area contributed by atoms with Crippen LogP contribution in [0.25, 0.3) is 0 Å². The molecule has 140 valence electrons. The molecule has 7 nitrogen and oxygen atoms in total. The largest absolute Gasteiger partial charge is 0.463 e. The molecule has 0 aliphatic carbocycles. The lowest BCUT2D eigenvalue weighted by molar-refractivity contribution is -0.163. The van der Waals surface area contributed by atoms with Crippen molar-refractivity contribution in [2.75, 3.05) is 40.6 Å². The molecule has 0 amide bonds. The van der Waals surface area contributed by atoms with E-state index in [-0.39, 0.29) is 43.4 Å². The van der Waals surface area contributed by atoms with Crippen LogP contribution in [0.15, 0.2) is 0 Å². The van der Waals surface area contributed by atoms with Crippen LogP contribution in [-0.2, 0) is 28.5 Å². The number of rotatable bonds is 8. The van der Waals surface area contributed by atoms with Crippen molar-refractivity contribution in [3.05, 3.63) is 0 Å². The second-order valence-electron chi connectivity index (χ2n) is 6.79. The Labute approximate surface area is 149 Å². The lowest BCUT2D eigenvalue weighted by Gasteiger charge is -2.54. The standard InChI is InChI=1S/C16H29NO6S/c1-15(2)8-12(23-14(19)11-21-5)9-16(3,24)17(15)6-7-22-13(18)10-20-4/h12,24H,6-11H2,1-5H3. The number of methoxy groups -OCH3 is 2. The molecular formula is C16H29NO6S. The van der Waals surface area contributed by atoms with Crippen molar-refractivity contribution < 1.29 is 28.5 Å². The van der Waals surface area contributed by atoms with Crippen LogP contribution in [0, 0.1) is 0 Å². The summed E-state index contributed by atoms with van der Waals surface area (Å²) in [5, 5.41) is 0. The van der Waals surface area contributed by atoms with E-state index < -0.39 is 4.87 Å². The third-order valence-corrected chi connectivity index (χ3v) is 4.48. The summed E-state index contributed by atoms with van der Waals surface area (Å²) in [5.41, 5.74) is -0.263. The normalized spacial score (nSPS) is 26.8. The van der Waals surface area contributed by atoms with Crippen molar-refractivity contribution in [3.8, 4) is 0 Å². The number of carbonyl (C=O) groups is 2. The molecule has 1 saturated heterocycles. The molecule has 0 spiro atoms. The highest BCUT2D eigenvalue weighted by molar-refractivity contribution is 7.81. The highest BCUT2D eigenvalue weighted by Gasteiger charge is 2.47. The SMILES string of the molecule is COCC(=O)OCCN1C(C)(C)CC(OC(=O)COC)CC1(C)S. The zero-order valence-corrected chi connectivity index (χ0v) is 16.1. The fourth-order valence-electron chi connectivity index (χ4n) is 3.31. The molecule has 1 heterocycles. The molecule has 1 rings (SSSR count). The van der Waals surface area contributed by atoms with Crippen LogP contribution in [0.5, 0.6) is 0 Å². The quantitative estimate of drug-likeness (QED) is 0.514.